The third-order valence-corrected chi connectivity index (χ3v) is 5.50. The molecule has 0 aliphatic heterocycles. The summed E-state index contributed by atoms with van der Waals surface area (Å²) in [6, 6.07) is 11.9. The summed E-state index contributed by atoms with van der Waals surface area (Å²) in [5, 5.41) is 13.5. The van der Waals surface area contributed by atoms with E-state index in [2.05, 4.69) is 5.32 Å². The highest BCUT2D eigenvalue weighted by Gasteiger charge is 2.22. The number of nitrogens with one attached hydrogen (secondary N) is 1. The molecule has 0 radical (unpaired) electrons. The predicted molar refractivity (Wildman–Crippen MR) is 117 cm³/mol. The minimum Gasteiger partial charge on any atom is -0.497 e. The zero-order chi connectivity index (χ0) is 21.8. The maximum Gasteiger partial charge on any atom is 0.262 e. The SMILES string of the molecule is CC[C@H](CO)NC(=O)Cc1c(C)n(C(=O)c2ccc(Cl)cc2)c2ccc(OC)cc12. The molecule has 0 bridgehead atoms. The van der Waals surface area contributed by atoms with Crippen LogP contribution in [0.3, 0.4) is 0 Å². The summed E-state index contributed by atoms with van der Waals surface area (Å²) in [5.41, 5.74) is 2.63. The number of aromatic nitrogens is 1. The first-order chi connectivity index (χ1) is 14.4. The fraction of sp³-hybridized carbons (Fsp3) is 0.304. The zero-order valence-corrected chi connectivity index (χ0v) is 18.0. The van der Waals surface area contributed by atoms with Crippen LogP contribution >= 0.6 is 11.6 Å². The molecule has 0 aliphatic rings. The third kappa shape index (κ3) is 4.35. The van der Waals surface area contributed by atoms with Crippen LogP contribution in [-0.2, 0) is 11.2 Å². The number of carbonyl (C=O) groups excluding carboxylic acids is 2. The molecule has 7 heteroatoms. The predicted octanol–water partition coefficient (Wildman–Crippen LogP) is 3.73. The number of rotatable bonds is 7. The molecule has 1 heterocycles. The molecular formula is C23H25ClN2O4. The number of benzene rings is 2. The number of nitrogens with zero attached hydrogens (tertiary/aromatic N) is 1. The number of aliphatic hydroxyl groups is 1. The largest absolute Gasteiger partial charge is 0.497 e. The van der Waals surface area contributed by atoms with E-state index < -0.39 is 0 Å². The first-order valence-electron chi connectivity index (χ1n) is 9.78. The number of fused-ring (bicyclic) bond motifs is 1. The van der Waals surface area contributed by atoms with Crippen molar-refractivity contribution in [3.05, 3.63) is 64.3 Å². The lowest BCUT2D eigenvalue weighted by Gasteiger charge is -2.14. The summed E-state index contributed by atoms with van der Waals surface area (Å²) >= 11 is 5.95. The van der Waals surface area contributed by atoms with Crippen molar-refractivity contribution < 1.29 is 19.4 Å². The molecule has 2 aromatic carbocycles. The van der Waals surface area contributed by atoms with Crippen molar-refractivity contribution in [3.8, 4) is 5.75 Å². The third-order valence-electron chi connectivity index (χ3n) is 5.25. The molecule has 6 nitrogen and oxygen atoms in total. The lowest BCUT2D eigenvalue weighted by atomic mass is 10.1. The molecule has 1 atom stereocenters. The van der Waals surface area contributed by atoms with Crippen molar-refractivity contribution in [2.75, 3.05) is 13.7 Å². The molecule has 0 unspecified atom stereocenters. The molecule has 0 aliphatic carbocycles. The molecule has 0 saturated heterocycles. The maximum atomic E-state index is 13.3. The van der Waals surface area contributed by atoms with Crippen LogP contribution in [0, 0.1) is 6.92 Å². The average molecular weight is 429 g/mol. The Balaban J connectivity index is 2.08. The summed E-state index contributed by atoms with van der Waals surface area (Å²) in [6.07, 6.45) is 0.721. The maximum absolute atomic E-state index is 13.3. The van der Waals surface area contributed by atoms with Crippen molar-refractivity contribution in [1.82, 2.24) is 9.88 Å². The van der Waals surface area contributed by atoms with Gasteiger partial charge in [-0.05, 0) is 61.4 Å². The molecule has 1 amide bonds. The van der Waals surface area contributed by atoms with Gasteiger partial charge in [0.2, 0.25) is 5.91 Å². The number of methoxy groups -OCH3 is 1. The molecule has 2 N–H and O–H groups in total. The Morgan fingerprint density at radius 3 is 2.50 bits per heavy atom. The van der Waals surface area contributed by atoms with Gasteiger partial charge in [0.1, 0.15) is 5.75 Å². The van der Waals surface area contributed by atoms with E-state index in [1.165, 1.54) is 0 Å². The molecule has 1 aromatic heterocycles. The Bertz CT molecular complexity index is 1070. The van der Waals surface area contributed by atoms with E-state index in [4.69, 9.17) is 16.3 Å². The second kappa shape index (κ2) is 9.32. The Kier molecular flexibility index (Phi) is 6.80. The lowest BCUT2D eigenvalue weighted by Crippen LogP contribution is -2.37. The zero-order valence-electron chi connectivity index (χ0n) is 17.2. The van der Waals surface area contributed by atoms with E-state index in [1.54, 1.807) is 42.0 Å². The minimum atomic E-state index is -0.295. The Morgan fingerprint density at radius 2 is 1.90 bits per heavy atom. The number of amides is 1. The number of carbonyl (C=O) groups is 2. The van der Waals surface area contributed by atoms with Gasteiger partial charge in [-0.25, -0.2) is 0 Å². The van der Waals surface area contributed by atoms with E-state index >= 15 is 0 Å². The average Bonchev–Trinajstić information content (AvgIpc) is 3.02. The van der Waals surface area contributed by atoms with Gasteiger partial charge in [0, 0.05) is 21.7 Å². The summed E-state index contributed by atoms with van der Waals surface area (Å²) in [6.45, 7) is 3.60. The van der Waals surface area contributed by atoms with Crippen LogP contribution in [0.1, 0.15) is 35.0 Å². The first-order valence-corrected chi connectivity index (χ1v) is 10.2. The first kappa shape index (κ1) is 21.9. The number of hydrogen-bond donors (Lipinski definition) is 2. The number of halogens is 1. The van der Waals surface area contributed by atoms with Gasteiger partial charge in [0.05, 0.1) is 31.7 Å². The van der Waals surface area contributed by atoms with Crippen molar-refractivity contribution >= 4 is 34.3 Å². The molecule has 30 heavy (non-hydrogen) atoms. The molecular weight excluding hydrogens is 404 g/mol. The van der Waals surface area contributed by atoms with Crippen LogP contribution < -0.4 is 10.1 Å². The van der Waals surface area contributed by atoms with Crippen LogP contribution in [0.25, 0.3) is 10.9 Å². The molecule has 0 saturated carbocycles. The quantitative estimate of drug-likeness (QED) is 0.600. The van der Waals surface area contributed by atoms with Gasteiger partial charge < -0.3 is 15.2 Å². The molecule has 0 fully saturated rings. The van der Waals surface area contributed by atoms with Gasteiger partial charge >= 0.3 is 0 Å². The Labute approximate surface area is 180 Å². The van der Waals surface area contributed by atoms with Crippen molar-refractivity contribution in [2.45, 2.75) is 32.7 Å². The van der Waals surface area contributed by atoms with E-state index in [0.29, 0.717) is 34.0 Å². The highest BCUT2D eigenvalue weighted by atomic mass is 35.5. The van der Waals surface area contributed by atoms with E-state index in [9.17, 15) is 14.7 Å². The molecule has 3 aromatic rings. The smallest absolute Gasteiger partial charge is 0.262 e. The van der Waals surface area contributed by atoms with Crippen molar-refractivity contribution in [2.24, 2.45) is 0 Å². The number of ether oxygens (including phenoxy) is 1. The number of aliphatic hydroxyl groups excluding tert-OH is 1. The second-order valence-corrected chi connectivity index (χ2v) is 7.56. The monoisotopic (exact) mass is 428 g/mol. The van der Waals surface area contributed by atoms with E-state index in [1.807, 2.05) is 26.0 Å². The highest BCUT2D eigenvalue weighted by Crippen LogP contribution is 2.31. The van der Waals surface area contributed by atoms with E-state index in [-0.39, 0.29) is 30.9 Å². The van der Waals surface area contributed by atoms with Gasteiger partial charge in [-0.2, -0.15) is 0 Å². The molecule has 158 valence electrons. The standard InChI is InChI=1S/C23H25ClN2O4/c1-4-17(13-27)25-22(28)12-19-14(2)26(21-10-9-18(30-3)11-20(19)21)23(29)15-5-7-16(24)8-6-15/h5-11,17,27H,4,12-13H2,1-3H3,(H,25,28)/t17-/m1/s1. The minimum absolute atomic E-state index is 0.0902. The van der Waals surface area contributed by atoms with Crippen LogP contribution in [0.15, 0.2) is 42.5 Å². The normalized spacial score (nSPS) is 12.0. The van der Waals surface area contributed by atoms with Gasteiger partial charge in [-0.15, -0.1) is 0 Å². The molecule has 0 spiro atoms. The van der Waals surface area contributed by atoms with Crippen LogP contribution in [-0.4, -0.2) is 41.2 Å². The summed E-state index contributed by atoms with van der Waals surface area (Å²) in [5.74, 6) is 0.231. The summed E-state index contributed by atoms with van der Waals surface area (Å²) < 4.78 is 6.96. The van der Waals surface area contributed by atoms with Gasteiger partial charge in [0.25, 0.3) is 5.91 Å². The Hall–Kier alpha value is -2.83. The van der Waals surface area contributed by atoms with Crippen molar-refractivity contribution in [3.63, 3.8) is 0 Å². The Morgan fingerprint density at radius 1 is 1.20 bits per heavy atom. The fourth-order valence-electron chi connectivity index (χ4n) is 3.51. The van der Waals surface area contributed by atoms with Crippen LogP contribution in [0.5, 0.6) is 5.75 Å². The fourth-order valence-corrected chi connectivity index (χ4v) is 3.64. The van der Waals surface area contributed by atoms with Gasteiger partial charge in [0.15, 0.2) is 0 Å². The highest BCUT2D eigenvalue weighted by molar-refractivity contribution is 6.30. The van der Waals surface area contributed by atoms with Gasteiger partial charge in [-0.1, -0.05) is 18.5 Å². The lowest BCUT2D eigenvalue weighted by molar-refractivity contribution is -0.121. The topological polar surface area (TPSA) is 80.6 Å². The summed E-state index contributed by atoms with van der Waals surface area (Å²) in [4.78, 5) is 25.9. The van der Waals surface area contributed by atoms with Gasteiger partial charge in [-0.3, -0.25) is 14.2 Å². The van der Waals surface area contributed by atoms with Crippen molar-refractivity contribution in [1.29, 1.82) is 0 Å². The van der Waals surface area contributed by atoms with Crippen LogP contribution in [0.4, 0.5) is 0 Å². The second-order valence-electron chi connectivity index (χ2n) is 7.13. The number of hydrogen-bond acceptors (Lipinski definition) is 4. The van der Waals surface area contributed by atoms with Crippen LogP contribution in [0.2, 0.25) is 5.02 Å². The summed E-state index contributed by atoms with van der Waals surface area (Å²) in [7, 11) is 1.57. The van der Waals surface area contributed by atoms with E-state index in [0.717, 1.165) is 10.9 Å². The molecule has 3 rings (SSSR count).